The van der Waals surface area contributed by atoms with E-state index in [0.29, 0.717) is 10.9 Å². The van der Waals surface area contributed by atoms with Gasteiger partial charge in [0.2, 0.25) is 0 Å². The number of aryl methyl sites for hydroxylation is 1. The van der Waals surface area contributed by atoms with Crippen molar-refractivity contribution < 1.29 is 0 Å². The smallest absolute Gasteiger partial charge is 0.159 e. The normalized spacial score (nSPS) is 15.8. The molecule has 0 bridgehead atoms. The highest BCUT2D eigenvalue weighted by molar-refractivity contribution is 6.30. The predicted molar refractivity (Wildman–Crippen MR) is 134 cm³/mol. The molecule has 0 fully saturated rings. The van der Waals surface area contributed by atoms with Crippen molar-refractivity contribution in [3.63, 3.8) is 0 Å². The van der Waals surface area contributed by atoms with E-state index in [4.69, 9.17) is 21.6 Å². The molecule has 0 N–H and O–H groups in total. The van der Waals surface area contributed by atoms with Crippen LogP contribution in [0.1, 0.15) is 28.4 Å². The Bertz CT molecular complexity index is 1260. The number of nitrogens with zero attached hydrogens (tertiary/aromatic N) is 3. The van der Waals surface area contributed by atoms with Crippen molar-refractivity contribution in [2.24, 2.45) is 9.98 Å². The van der Waals surface area contributed by atoms with Gasteiger partial charge in [0.15, 0.2) is 12.0 Å². The van der Waals surface area contributed by atoms with Crippen LogP contribution >= 0.6 is 11.6 Å². The van der Waals surface area contributed by atoms with E-state index in [1.807, 2.05) is 72.8 Å². The summed E-state index contributed by atoms with van der Waals surface area (Å²) in [5.74, 6) is 1.58. The summed E-state index contributed by atoms with van der Waals surface area (Å²) in [4.78, 5) is 12.4. The SMILES string of the molecule is Cc1ccc(N2C(c3ccccc3)=NC(c3ccccc3)=NC2c2ccc(Cl)cc2)cc1. The van der Waals surface area contributed by atoms with Gasteiger partial charge in [-0.05, 0) is 36.8 Å². The third kappa shape index (κ3) is 4.08. The molecule has 156 valence electrons. The lowest BCUT2D eigenvalue weighted by atomic mass is 10.1. The van der Waals surface area contributed by atoms with Crippen molar-refractivity contribution >= 4 is 29.0 Å². The van der Waals surface area contributed by atoms with Crippen LogP contribution < -0.4 is 4.90 Å². The molecule has 0 saturated heterocycles. The Morgan fingerprint density at radius 2 is 1.28 bits per heavy atom. The molecule has 3 nitrogen and oxygen atoms in total. The number of anilines is 1. The van der Waals surface area contributed by atoms with E-state index in [-0.39, 0.29) is 6.17 Å². The number of halogens is 1. The Hall–Kier alpha value is -3.69. The third-order valence-corrected chi connectivity index (χ3v) is 5.73. The van der Waals surface area contributed by atoms with Gasteiger partial charge in [0.25, 0.3) is 0 Å². The third-order valence-electron chi connectivity index (χ3n) is 5.47. The van der Waals surface area contributed by atoms with Crippen LogP contribution in [0.15, 0.2) is 119 Å². The predicted octanol–water partition coefficient (Wildman–Crippen LogP) is 7.06. The van der Waals surface area contributed by atoms with Gasteiger partial charge in [-0.25, -0.2) is 9.98 Å². The second-order valence-electron chi connectivity index (χ2n) is 7.75. The molecule has 0 amide bonds. The summed E-state index contributed by atoms with van der Waals surface area (Å²) in [6.07, 6.45) is -0.280. The molecular weight excluding hydrogens is 414 g/mol. The molecule has 1 heterocycles. The van der Waals surface area contributed by atoms with Crippen LogP contribution in [0.3, 0.4) is 0 Å². The van der Waals surface area contributed by atoms with Gasteiger partial charge in [0, 0.05) is 21.8 Å². The van der Waals surface area contributed by atoms with E-state index in [1.54, 1.807) is 0 Å². The van der Waals surface area contributed by atoms with Gasteiger partial charge >= 0.3 is 0 Å². The fourth-order valence-corrected chi connectivity index (χ4v) is 3.94. The molecule has 1 unspecified atom stereocenters. The number of hydrogen-bond acceptors (Lipinski definition) is 3. The topological polar surface area (TPSA) is 28.0 Å². The fourth-order valence-electron chi connectivity index (χ4n) is 3.82. The first-order valence-corrected chi connectivity index (χ1v) is 11.0. The number of aliphatic imine (C=N–C) groups is 2. The van der Waals surface area contributed by atoms with Gasteiger partial charge in [-0.15, -0.1) is 0 Å². The molecule has 4 heteroatoms. The Morgan fingerprint density at radius 1 is 0.688 bits per heavy atom. The molecular formula is C28H22ClN3. The van der Waals surface area contributed by atoms with Crippen LogP contribution in [0.2, 0.25) is 5.02 Å². The zero-order valence-electron chi connectivity index (χ0n) is 17.7. The molecule has 0 radical (unpaired) electrons. The van der Waals surface area contributed by atoms with E-state index < -0.39 is 0 Å². The van der Waals surface area contributed by atoms with E-state index in [9.17, 15) is 0 Å². The van der Waals surface area contributed by atoms with Crippen molar-refractivity contribution in [2.45, 2.75) is 13.1 Å². The Labute approximate surface area is 193 Å². The van der Waals surface area contributed by atoms with Crippen LogP contribution in [-0.4, -0.2) is 11.7 Å². The molecule has 0 aromatic heterocycles. The lowest BCUT2D eigenvalue weighted by Crippen LogP contribution is -2.39. The van der Waals surface area contributed by atoms with Crippen molar-refractivity contribution in [3.8, 4) is 0 Å². The van der Waals surface area contributed by atoms with Crippen LogP contribution in [0.25, 0.3) is 0 Å². The quantitative estimate of drug-likeness (QED) is 0.337. The van der Waals surface area contributed by atoms with Gasteiger partial charge < -0.3 is 0 Å². The maximum absolute atomic E-state index is 6.20. The van der Waals surface area contributed by atoms with Crippen LogP contribution in [-0.2, 0) is 0 Å². The summed E-state index contributed by atoms with van der Waals surface area (Å²) in [5.41, 5.74) is 5.32. The first-order chi connectivity index (χ1) is 15.7. The van der Waals surface area contributed by atoms with E-state index in [1.165, 1.54) is 5.56 Å². The summed E-state index contributed by atoms with van der Waals surface area (Å²) in [7, 11) is 0. The summed E-state index contributed by atoms with van der Waals surface area (Å²) >= 11 is 6.20. The highest BCUT2D eigenvalue weighted by Crippen LogP contribution is 2.34. The van der Waals surface area contributed by atoms with Crippen molar-refractivity contribution in [1.82, 2.24) is 0 Å². The standard InChI is InChI=1S/C28H22ClN3/c1-20-12-18-25(19-13-20)32-27(22-10-6-3-7-11-22)30-26(21-8-4-2-5-9-21)31-28(32)23-14-16-24(29)17-15-23/h2-19,28H,1H3. The molecule has 32 heavy (non-hydrogen) atoms. The van der Waals surface area contributed by atoms with E-state index >= 15 is 0 Å². The average Bonchev–Trinajstić information content (AvgIpc) is 2.85. The van der Waals surface area contributed by atoms with Crippen molar-refractivity contribution in [3.05, 3.63) is 136 Å². The lowest BCUT2D eigenvalue weighted by molar-refractivity contribution is 0.743. The molecule has 0 spiro atoms. The fraction of sp³-hybridized carbons (Fsp3) is 0.0714. The monoisotopic (exact) mass is 435 g/mol. The molecule has 1 aliphatic rings. The van der Waals surface area contributed by atoms with Crippen molar-refractivity contribution in [2.75, 3.05) is 4.90 Å². The maximum Gasteiger partial charge on any atom is 0.159 e. The molecule has 1 atom stereocenters. The zero-order valence-corrected chi connectivity index (χ0v) is 18.4. The number of amidine groups is 2. The first kappa shape index (κ1) is 20.2. The van der Waals surface area contributed by atoms with Crippen molar-refractivity contribution in [1.29, 1.82) is 0 Å². The largest absolute Gasteiger partial charge is 0.299 e. The Kier molecular flexibility index (Phi) is 5.57. The minimum atomic E-state index is -0.280. The average molecular weight is 436 g/mol. The van der Waals surface area contributed by atoms with Gasteiger partial charge in [-0.3, -0.25) is 4.90 Å². The second-order valence-corrected chi connectivity index (χ2v) is 8.19. The second kappa shape index (κ2) is 8.81. The van der Waals surface area contributed by atoms with Crippen LogP contribution in [0.4, 0.5) is 5.69 Å². The number of rotatable bonds is 4. The molecule has 4 aromatic rings. The molecule has 5 rings (SSSR count). The van der Waals surface area contributed by atoms with Gasteiger partial charge in [-0.2, -0.15) is 0 Å². The number of hydrogen-bond donors (Lipinski definition) is 0. The zero-order chi connectivity index (χ0) is 21.9. The van der Waals surface area contributed by atoms with E-state index in [2.05, 4.69) is 48.2 Å². The minimum Gasteiger partial charge on any atom is -0.299 e. The van der Waals surface area contributed by atoms with Gasteiger partial charge in [0.05, 0.1) is 0 Å². The summed E-state index contributed by atoms with van der Waals surface area (Å²) in [6.45, 7) is 2.09. The molecule has 0 aliphatic carbocycles. The van der Waals surface area contributed by atoms with Crippen LogP contribution in [0.5, 0.6) is 0 Å². The van der Waals surface area contributed by atoms with Crippen LogP contribution in [0, 0.1) is 6.92 Å². The van der Waals surface area contributed by atoms with Gasteiger partial charge in [-0.1, -0.05) is 102 Å². The Morgan fingerprint density at radius 3 is 1.91 bits per heavy atom. The minimum absolute atomic E-state index is 0.280. The summed E-state index contributed by atoms with van der Waals surface area (Å²) in [6, 6.07) is 36.8. The maximum atomic E-state index is 6.20. The van der Waals surface area contributed by atoms with E-state index in [0.717, 1.165) is 28.2 Å². The summed E-state index contributed by atoms with van der Waals surface area (Å²) < 4.78 is 0. The first-order valence-electron chi connectivity index (χ1n) is 10.6. The van der Waals surface area contributed by atoms with Gasteiger partial charge in [0.1, 0.15) is 5.84 Å². The molecule has 0 saturated carbocycles. The molecule has 1 aliphatic heterocycles. The summed E-state index contributed by atoms with van der Waals surface area (Å²) in [5, 5.41) is 0.704. The highest BCUT2D eigenvalue weighted by Gasteiger charge is 2.30. The Balaban J connectivity index is 1.73. The lowest BCUT2D eigenvalue weighted by Gasteiger charge is -2.35. The highest BCUT2D eigenvalue weighted by atomic mass is 35.5. The number of benzene rings is 4. The molecule has 4 aromatic carbocycles.